The van der Waals surface area contributed by atoms with Crippen LogP contribution in [0.25, 0.3) is 0 Å². The molecule has 82 valence electrons. The van der Waals surface area contributed by atoms with Crippen molar-refractivity contribution in [2.75, 3.05) is 5.32 Å². The average Bonchev–Trinajstić information content (AvgIpc) is 2.22. The summed E-state index contributed by atoms with van der Waals surface area (Å²) < 4.78 is 0.793. The average molecular weight is 292 g/mol. The predicted octanol–water partition coefficient (Wildman–Crippen LogP) is 2.78. The van der Waals surface area contributed by atoms with Crippen LogP contribution in [0.4, 0.5) is 5.69 Å². The van der Waals surface area contributed by atoms with Gasteiger partial charge in [0.2, 0.25) is 5.91 Å². The number of rotatable bonds is 3. The number of nitrogens with one attached hydrogen (secondary N) is 1. The van der Waals surface area contributed by atoms with Crippen molar-refractivity contribution in [2.45, 2.75) is 19.4 Å². The summed E-state index contributed by atoms with van der Waals surface area (Å²) >= 11 is 9.15. The number of benzene rings is 1. The quantitative estimate of drug-likeness (QED) is 0.900. The van der Waals surface area contributed by atoms with Crippen molar-refractivity contribution >= 4 is 39.1 Å². The van der Waals surface area contributed by atoms with Gasteiger partial charge in [-0.2, -0.15) is 0 Å². The third-order valence-corrected chi connectivity index (χ3v) is 3.20. The molecule has 0 aliphatic carbocycles. The highest BCUT2D eigenvalue weighted by Gasteiger charge is 2.11. The lowest BCUT2D eigenvalue weighted by Crippen LogP contribution is -2.34. The van der Waals surface area contributed by atoms with Crippen molar-refractivity contribution in [2.24, 2.45) is 5.73 Å². The van der Waals surface area contributed by atoms with Gasteiger partial charge in [0.1, 0.15) is 0 Å². The Kier molecular flexibility index (Phi) is 4.57. The second-order valence-corrected chi connectivity index (χ2v) is 4.39. The first-order chi connectivity index (χ1) is 7.04. The number of hydrogen-bond acceptors (Lipinski definition) is 2. The highest BCUT2D eigenvalue weighted by atomic mass is 79.9. The first-order valence-corrected chi connectivity index (χ1v) is 5.73. The maximum absolute atomic E-state index is 11.4. The number of anilines is 1. The van der Waals surface area contributed by atoms with Gasteiger partial charge in [0.15, 0.2) is 0 Å². The summed E-state index contributed by atoms with van der Waals surface area (Å²) in [6, 6.07) is 4.73. The molecule has 0 fully saturated rings. The van der Waals surface area contributed by atoms with Crippen molar-refractivity contribution in [1.29, 1.82) is 0 Å². The van der Waals surface area contributed by atoms with Gasteiger partial charge in [-0.05, 0) is 40.5 Å². The molecule has 15 heavy (non-hydrogen) atoms. The van der Waals surface area contributed by atoms with Crippen LogP contribution in [0.3, 0.4) is 0 Å². The van der Waals surface area contributed by atoms with Crippen LogP contribution >= 0.6 is 27.5 Å². The standard InChI is InChI=1S/C10H12BrClN2O/c1-2-9(13)10(15)14-6-3-4-7(11)8(12)5-6/h3-5,9H,2,13H2,1H3,(H,14,15)/t9-/m0/s1. The van der Waals surface area contributed by atoms with E-state index in [2.05, 4.69) is 21.2 Å². The maximum Gasteiger partial charge on any atom is 0.241 e. The Labute approximate surface area is 102 Å². The normalized spacial score (nSPS) is 12.3. The molecular weight excluding hydrogens is 279 g/mol. The predicted molar refractivity (Wildman–Crippen MR) is 66.0 cm³/mol. The summed E-state index contributed by atoms with van der Waals surface area (Å²) in [7, 11) is 0. The Morgan fingerprint density at radius 1 is 1.67 bits per heavy atom. The van der Waals surface area contributed by atoms with Crippen LogP contribution in [0.2, 0.25) is 5.02 Å². The zero-order chi connectivity index (χ0) is 11.4. The molecule has 1 rings (SSSR count). The molecule has 0 radical (unpaired) electrons. The fraction of sp³-hybridized carbons (Fsp3) is 0.300. The first-order valence-electron chi connectivity index (χ1n) is 4.56. The number of halogens is 2. The number of amides is 1. The van der Waals surface area contributed by atoms with Gasteiger partial charge >= 0.3 is 0 Å². The Balaban J connectivity index is 2.73. The molecule has 0 saturated heterocycles. The lowest BCUT2D eigenvalue weighted by atomic mass is 10.2. The Morgan fingerprint density at radius 2 is 2.33 bits per heavy atom. The summed E-state index contributed by atoms with van der Waals surface area (Å²) in [5.74, 6) is -0.198. The van der Waals surface area contributed by atoms with Gasteiger partial charge < -0.3 is 11.1 Å². The van der Waals surface area contributed by atoms with E-state index in [0.717, 1.165) is 4.47 Å². The minimum Gasteiger partial charge on any atom is -0.325 e. The van der Waals surface area contributed by atoms with E-state index < -0.39 is 6.04 Å². The zero-order valence-corrected chi connectivity index (χ0v) is 10.6. The van der Waals surface area contributed by atoms with Crippen molar-refractivity contribution in [3.63, 3.8) is 0 Å². The van der Waals surface area contributed by atoms with Gasteiger partial charge in [0.05, 0.1) is 11.1 Å². The summed E-state index contributed by atoms with van der Waals surface area (Å²) in [5, 5.41) is 3.25. The maximum atomic E-state index is 11.4. The van der Waals surface area contributed by atoms with Crippen molar-refractivity contribution < 1.29 is 4.79 Å². The molecule has 0 aliphatic rings. The highest BCUT2D eigenvalue weighted by Crippen LogP contribution is 2.25. The lowest BCUT2D eigenvalue weighted by Gasteiger charge is -2.10. The smallest absolute Gasteiger partial charge is 0.241 e. The van der Waals surface area contributed by atoms with Gasteiger partial charge in [-0.1, -0.05) is 18.5 Å². The third-order valence-electron chi connectivity index (χ3n) is 1.96. The van der Waals surface area contributed by atoms with Crippen LogP contribution in [-0.2, 0) is 4.79 Å². The molecule has 1 aromatic rings. The van der Waals surface area contributed by atoms with Gasteiger partial charge in [-0.3, -0.25) is 4.79 Å². The summed E-state index contributed by atoms with van der Waals surface area (Å²) in [6.07, 6.45) is 0.607. The molecule has 3 nitrogen and oxygen atoms in total. The van der Waals surface area contributed by atoms with E-state index in [-0.39, 0.29) is 5.91 Å². The second kappa shape index (κ2) is 5.49. The van der Waals surface area contributed by atoms with Crippen LogP contribution in [0.5, 0.6) is 0 Å². The molecule has 1 atom stereocenters. The third kappa shape index (κ3) is 3.48. The van der Waals surface area contributed by atoms with Crippen LogP contribution in [-0.4, -0.2) is 11.9 Å². The molecule has 0 bridgehead atoms. The van der Waals surface area contributed by atoms with Crippen LogP contribution in [0.1, 0.15) is 13.3 Å². The van der Waals surface area contributed by atoms with E-state index in [1.807, 2.05) is 6.92 Å². The SMILES string of the molecule is CC[C@H](N)C(=O)Nc1ccc(Br)c(Cl)c1. The lowest BCUT2D eigenvalue weighted by molar-refractivity contribution is -0.117. The van der Waals surface area contributed by atoms with Crippen LogP contribution in [0.15, 0.2) is 22.7 Å². The summed E-state index contributed by atoms with van der Waals surface area (Å²) in [4.78, 5) is 11.4. The molecule has 0 unspecified atom stereocenters. The largest absolute Gasteiger partial charge is 0.325 e. The molecule has 0 aromatic heterocycles. The fourth-order valence-electron chi connectivity index (χ4n) is 0.994. The first kappa shape index (κ1) is 12.5. The minimum absolute atomic E-state index is 0.198. The molecule has 0 spiro atoms. The van der Waals surface area contributed by atoms with Gasteiger partial charge in [0.25, 0.3) is 0 Å². The monoisotopic (exact) mass is 290 g/mol. The number of hydrogen-bond donors (Lipinski definition) is 2. The van der Waals surface area contributed by atoms with Gasteiger partial charge in [-0.25, -0.2) is 0 Å². The molecule has 5 heteroatoms. The van der Waals surface area contributed by atoms with E-state index in [1.54, 1.807) is 18.2 Å². The van der Waals surface area contributed by atoms with Crippen LogP contribution < -0.4 is 11.1 Å². The Morgan fingerprint density at radius 3 is 2.87 bits per heavy atom. The number of carbonyl (C=O) groups is 1. The molecule has 3 N–H and O–H groups in total. The number of nitrogens with two attached hydrogens (primary N) is 1. The molecule has 1 amide bonds. The number of carbonyl (C=O) groups excluding carboxylic acids is 1. The summed E-state index contributed by atoms with van der Waals surface area (Å²) in [5.41, 5.74) is 6.23. The van der Waals surface area contributed by atoms with Crippen molar-refractivity contribution in [3.05, 3.63) is 27.7 Å². The zero-order valence-electron chi connectivity index (χ0n) is 8.26. The second-order valence-electron chi connectivity index (χ2n) is 3.13. The van der Waals surface area contributed by atoms with E-state index in [0.29, 0.717) is 17.1 Å². The van der Waals surface area contributed by atoms with Crippen LogP contribution in [0, 0.1) is 0 Å². The molecule has 1 aromatic carbocycles. The molecular formula is C10H12BrClN2O. The minimum atomic E-state index is -0.479. The fourth-order valence-corrected chi connectivity index (χ4v) is 1.42. The topological polar surface area (TPSA) is 55.1 Å². The van der Waals surface area contributed by atoms with Gasteiger partial charge in [-0.15, -0.1) is 0 Å². The van der Waals surface area contributed by atoms with Crippen molar-refractivity contribution in [1.82, 2.24) is 0 Å². The molecule has 0 aliphatic heterocycles. The van der Waals surface area contributed by atoms with E-state index in [9.17, 15) is 4.79 Å². The van der Waals surface area contributed by atoms with E-state index >= 15 is 0 Å². The Bertz CT molecular complexity index is 370. The van der Waals surface area contributed by atoms with Crippen molar-refractivity contribution in [3.8, 4) is 0 Å². The Hall–Kier alpha value is -0.580. The highest BCUT2D eigenvalue weighted by molar-refractivity contribution is 9.10. The van der Waals surface area contributed by atoms with E-state index in [4.69, 9.17) is 17.3 Å². The molecule has 0 heterocycles. The van der Waals surface area contributed by atoms with E-state index in [1.165, 1.54) is 0 Å². The summed E-state index contributed by atoms with van der Waals surface area (Å²) in [6.45, 7) is 1.86. The van der Waals surface area contributed by atoms with Gasteiger partial charge in [0, 0.05) is 10.2 Å². The molecule has 0 saturated carbocycles.